The molecule has 1 fully saturated rings. The lowest BCUT2D eigenvalue weighted by Gasteiger charge is -2.15. The number of anilines is 1. The van der Waals surface area contributed by atoms with Crippen molar-refractivity contribution in [3.63, 3.8) is 0 Å². The van der Waals surface area contributed by atoms with Gasteiger partial charge in [-0.2, -0.15) is 5.10 Å². The summed E-state index contributed by atoms with van der Waals surface area (Å²) >= 11 is 3.39. The number of carbonyl (C=O) groups excluding carboxylic acids is 1. The predicted molar refractivity (Wildman–Crippen MR) is 75.2 cm³/mol. The summed E-state index contributed by atoms with van der Waals surface area (Å²) in [7, 11) is 0. The van der Waals surface area contributed by atoms with Crippen LogP contribution >= 0.6 is 15.9 Å². The van der Waals surface area contributed by atoms with Gasteiger partial charge in [-0.05, 0) is 27.9 Å². The van der Waals surface area contributed by atoms with Crippen molar-refractivity contribution >= 4 is 33.4 Å². The Labute approximate surface area is 118 Å². The monoisotopic (exact) mass is 323 g/mol. The van der Waals surface area contributed by atoms with Crippen LogP contribution in [0, 0.1) is 5.92 Å². The van der Waals surface area contributed by atoms with Crippen molar-refractivity contribution in [2.24, 2.45) is 5.92 Å². The maximum Gasteiger partial charge on any atom is 0.323 e. The average molecular weight is 324 g/mol. The molecule has 6 nitrogen and oxygen atoms in total. The largest absolute Gasteiger partial charge is 0.333 e. The van der Waals surface area contributed by atoms with Crippen LogP contribution in [0.4, 0.5) is 10.6 Å². The Bertz CT molecular complexity index is 638. The molecular weight excluding hydrogens is 310 g/mol. The van der Waals surface area contributed by atoms with Crippen molar-refractivity contribution in [2.75, 3.05) is 11.4 Å². The summed E-state index contributed by atoms with van der Waals surface area (Å²) in [6, 6.07) is 1.87. The number of nitrogens with one attached hydrogen (secondary N) is 1. The zero-order chi connectivity index (χ0) is 13.6. The molecule has 3 rings (SSSR count). The van der Waals surface area contributed by atoms with E-state index in [1.54, 1.807) is 27.9 Å². The van der Waals surface area contributed by atoms with Gasteiger partial charge in [0.2, 0.25) is 0 Å². The SMILES string of the molecule is CC(C)[C@H]1CN(c2ccn3ncc(Br)c3n2)C(=O)N1. The topological polar surface area (TPSA) is 62.5 Å². The molecule has 3 heterocycles. The number of hydrogen-bond acceptors (Lipinski definition) is 3. The Hall–Kier alpha value is -1.63. The van der Waals surface area contributed by atoms with Gasteiger partial charge in [-0.3, -0.25) is 4.90 Å². The van der Waals surface area contributed by atoms with E-state index in [1.807, 2.05) is 0 Å². The lowest BCUT2D eigenvalue weighted by molar-refractivity contribution is 0.249. The molecule has 0 unspecified atom stereocenters. The maximum atomic E-state index is 12.0. The number of nitrogens with zero attached hydrogens (tertiary/aromatic N) is 4. The van der Waals surface area contributed by atoms with E-state index in [1.165, 1.54) is 0 Å². The Balaban J connectivity index is 1.96. The van der Waals surface area contributed by atoms with Crippen LogP contribution in [0.5, 0.6) is 0 Å². The van der Waals surface area contributed by atoms with E-state index >= 15 is 0 Å². The van der Waals surface area contributed by atoms with Crippen LogP contribution in [-0.2, 0) is 0 Å². The van der Waals surface area contributed by atoms with E-state index in [4.69, 9.17) is 0 Å². The Morgan fingerprint density at radius 1 is 1.53 bits per heavy atom. The van der Waals surface area contributed by atoms with Crippen LogP contribution in [0.1, 0.15) is 13.8 Å². The first kappa shape index (κ1) is 12.4. The first-order valence-corrected chi connectivity index (χ1v) is 6.93. The molecular formula is C12H14BrN5O. The quantitative estimate of drug-likeness (QED) is 0.920. The third-order valence-corrected chi connectivity index (χ3v) is 3.89. The molecule has 2 amide bonds. The molecule has 0 aromatic carbocycles. The number of hydrogen-bond donors (Lipinski definition) is 1. The molecule has 0 radical (unpaired) electrons. The van der Waals surface area contributed by atoms with Crippen LogP contribution in [0.15, 0.2) is 22.9 Å². The number of fused-ring (bicyclic) bond motifs is 1. The molecule has 19 heavy (non-hydrogen) atoms. The Morgan fingerprint density at radius 2 is 2.32 bits per heavy atom. The summed E-state index contributed by atoms with van der Waals surface area (Å²) in [5.41, 5.74) is 0.707. The second kappa shape index (κ2) is 4.48. The van der Waals surface area contributed by atoms with Crippen molar-refractivity contribution in [3.05, 3.63) is 22.9 Å². The summed E-state index contributed by atoms with van der Waals surface area (Å²) in [4.78, 5) is 18.1. The highest BCUT2D eigenvalue weighted by molar-refractivity contribution is 9.10. The number of carbonyl (C=O) groups is 1. The van der Waals surface area contributed by atoms with Crippen molar-refractivity contribution in [1.82, 2.24) is 19.9 Å². The molecule has 1 N–H and O–H groups in total. The molecule has 1 saturated heterocycles. The highest BCUT2D eigenvalue weighted by Gasteiger charge is 2.32. The predicted octanol–water partition coefficient (Wildman–Crippen LogP) is 2.05. The molecule has 1 atom stereocenters. The lowest BCUT2D eigenvalue weighted by Crippen LogP contribution is -2.31. The van der Waals surface area contributed by atoms with Crippen molar-refractivity contribution < 1.29 is 4.79 Å². The zero-order valence-corrected chi connectivity index (χ0v) is 12.3. The van der Waals surface area contributed by atoms with E-state index in [0.717, 1.165) is 4.47 Å². The highest BCUT2D eigenvalue weighted by atomic mass is 79.9. The summed E-state index contributed by atoms with van der Waals surface area (Å²) < 4.78 is 2.48. The van der Waals surface area contributed by atoms with Crippen LogP contribution in [0.3, 0.4) is 0 Å². The fraction of sp³-hybridized carbons (Fsp3) is 0.417. The van der Waals surface area contributed by atoms with E-state index < -0.39 is 0 Å². The van der Waals surface area contributed by atoms with Crippen LogP contribution in [-0.4, -0.2) is 33.2 Å². The summed E-state index contributed by atoms with van der Waals surface area (Å²) in [5.74, 6) is 1.05. The fourth-order valence-corrected chi connectivity index (χ4v) is 2.48. The van der Waals surface area contributed by atoms with Crippen molar-refractivity contribution in [2.45, 2.75) is 19.9 Å². The Kier molecular flexibility index (Phi) is 2.93. The molecule has 1 aliphatic rings. The van der Waals surface area contributed by atoms with Gasteiger partial charge in [0.1, 0.15) is 5.82 Å². The summed E-state index contributed by atoms with van der Waals surface area (Å²) in [6.45, 7) is 4.84. The number of amides is 2. The molecule has 0 saturated carbocycles. The van der Waals surface area contributed by atoms with E-state index in [-0.39, 0.29) is 12.1 Å². The van der Waals surface area contributed by atoms with Gasteiger partial charge in [0.25, 0.3) is 0 Å². The first-order chi connectivity index (χ1) is 9.06. The molecule has 2 aromatic heterocycles. The minimum Gasteiger partial charge on any atom is -0.333 e. The van der Waals surface area contributed by atoms with Gasteiger partial charge in [0.15, 0.2) is 5.65 Å². The minimum atomic E-state index is -0.0915. The fourth-order valence-electron chi connectivity index (χ4n) is 2.12. The normalized spacial score (nSPS) is 19.5. The smallest absolute Gasteiger partial charge is 0.323 e. The van der Waals surface area contributed by atoms with Crippen LogP contribution in [0.2, 0.25) is 0 Å². The van der Waals surface area contributed by atoms with Crippen molar-refractivity contribution in [1.29, 1.82) is 0 Å². The van der Waals surface area contributed by atoms with Gasteiger partial charge in [0.05, 0.1) is 16.7 Å². The van der Waals surface area contributed by atoms with Gasteiger partial charge in [-0.1, -0.05) is 13.8 Å². The maximum absolute atomic E-state index is 12.0. The Morgan fingerprint density at radius 3 is 3.00 bits per heavy atom. The molecule has 0 aliphatic carbocycles. The average Bonchev–Trinajstić information content (AvgIpc) is 2.93. The zero-order valence-electron chi connectivity index (χ0n) is 10.7. The second-order valence-electron chi connectivity index (χ2n) is 4.96. The van der Waals surface area contributed by atoms with E-state index in [2.05, 4.69) is 45.2 Å². The number of halogens is 1. The highest BCUT2D eigenvalue weighted by Crippen LogP contribution is 2.22. The third kappa shape index (κ3) is 2.07. The van der Waals surface area contributed by atoms with Crippen molar-refractivity contribution in [3.8, 4) is 0 Å². The van der Waals surface area contributed by atoms with Crippen LogP contribution in [0.25, 0.3) is 5.65 Å². The van der Waals surface area contributed by atoms with Gasteiger partial charge in [-0.25, -0.2) is 14.3 Å². The molecule has 100 valence electrons. The van der Waals surface area contributed by atoms with Gasteiger partial charge >= 0.3 is 6.03 Å². The van der Waals surface area contributed by atoms with Gasteiger partial charge < -0.3 is 5.32 Å². The second-order valence-corrected chi connectivity index (χ2v) is 5.81. The summed E-state index contributed by atoms with van der Waals surface area (Å²) in [6.07, 6.45) is 3.49. The van der Waals surface area contributed by atoms with E-state index in [0.29, 0.717) is 23.9 Å². The number of rotatable bonds is 2. The standard InChI is InChI=1S/C12H14BrN5O/c1-7(2)9-6-17(12(19)15-9)10-3-4-18-11(16-10)8(13)5-14-18/h3-5,7,9H,6H2,1-2H3,(H,15,19)/t9-/m1/s1. The van der Waals surface area contributed by atoms with E-state index in [9.17, 15) is 4.79 Å². The lowest BCUT2D eigenvalue weighted by atomic mass is 10.1. The summed E-state index contributed by atoms with van der Waals surface area (Å²) in [5, 5.41) is 7.11. The van der Waals surface area contributed by atoms with Gasteiger partial charge in [0, 0.05) is 12.7 Å². The third-order valence-electron chi connectivity index (χ3n) is 3.33. The molecule has 2 aromatic rings. The first-order valence-electron chi connectivity index (χ1n) is 6.14. The molecule has 0 spiro atoms. The molecule has 7 heteroatoms. The molecule has 1 aliphatic heterocycles. The number of urea groups is 1. The minimum absolute atomic E-state index is 0.0915. The molecule has 0 bridgehead atoms. The number of aromatic nitrogens is 3. The van der Waals surface area contributed by atoms with Gasteiger partial charge in [-0.15, -0.1) is 0 Å². The van der Waals surface area contributed by atoms with Crippen LogP contribution < -0.4 is 10.2 Å².